The number of fused-ring (bicyclic) bond motifs is 1. The van der Waals surface area contributed by atoms with Gasteiger partial charge in [0.2, 0.25) is 0 Å². The van der Waals surface area contributed by atoms with Crippen LogP contribution in [0.1, 0.15) is 46.5 Å². The molecular formula is C31H60O5Si3. The Morgan fingerprint density at radius 3 is 2.15 bits per heavy atom. The highest BCUT2D eigenvalue weighted by atomic mass is 28.4. The van der Waals surface area contributed by atoms with Crippen LogP contribution in [-0.4, -0.2) is 70.1 Å². The molecule has 0 heterocycles. The number of hydrogen-bond donors (Lipinski definition) is 0. The van der Waals surface area contributed by atoms with Gasteiger partial charge in [0.05, 0.1) is 18.3 Å². The van der Waals surface area contributed by atoms with Crippen molar-refractivity contribution >= 4 is 24.5 Å². The molecular weight excluding hydrogens is 537 g/mol. The predicted octanol–water partition coefficient (Wildman–Crippen LogP) is 7.94. The number of methoxy groups -OCH3 is 1. The van der Waals surface area contributed by atoms with E-state index in [2.05, 4.69) is 97.3 Å². The molecule has 0 aromatic heterocycles. The fourth-order valence-electron chi connectivity index (χ4n) is 5.96. The van der Waals surface area contributed by atoms with Crippen LogP contribution in [0.2, 0.25) is 63.5 Å². The molecule has 0 aromatic rings. The zero-order valence-electron chi connectivity index (χ0n) is 27.4. The van der Waals surface area contributed by atoms with Gasteiger partial charge in [-0.3, -0.25) is 0 Å². The number of hydrogen-bond acceptors (Lipinski definition) is 5. The zero-order valence-corrected chi connectivity index (χ0v) is 30.4. The lowest BCUT2D eigenvalue weighted by atomic mass is 9.59. The van der Waals surface area contributed by atoms with Gasteiger partial charge in [-0.05, 0) is 49.4 Å². The fourth-order valence-corrected chi connectivity index (χ4v) is 8.68. The van der Waals surface area contributed by atoms with E-state index in [0.717, 1.165) is 38.3 Å². The quantitative estimate of drug-likeness (QED) is 0.0710. The van der Waals surface area contributed by atoms with Gasteiger partial charge in [-0.2, -0.15) is 0 Å². The maximum Gasteiger partial charge on any atom is 0.192 e. The Morgan fingerprint density at radius 1 is 0.949 bits per heavy atom. The normalized spacial score (nSPS) is 30.0. The van der Waals surface area contributed by atoms with Gasteiger partial charge in [-0.25, -0.2) is 0 Å². The highest BCUT2D eigenvalue weighted by Crippen LogP contribution is 2.60. The lowest BCUT2D eigenvalue weighted by molar-refractivity contribution is -0.198. The molecule has 0 amide bonds. The van der Waals surface area contributed by atoms with Crippen LogP contribution in [0.15, 0.2) is 12.7 Å². The summed E-state index contributed by atoms with van der Waals surface area (Å²) < 4.78 is 31.8. The first-order valence-electron chi connectivity index (χ1n) is 15.0. The smallest absolute Gasteiger partial charge is 0.192 e. The minimum atomic E-state index is -2.04. The molecule has 0 saturated heterocycles. The first-order chi connectivity index (χ1) is 17.9. The molecule has 2 saturated carbocycles. The van der Waals surface area contributed by atoms with Gasteiger partial charge in [0.15, 0.2) is 8.32 Å². The molecule has 2 rings (SSSR count). The van der Waals surface area contributed by atoms with E-state index in [1.54, 1.807) is 7.11 Å². The second-order valence-corrected chi connectivity index (χ2v) is 30.7. The van der Waals surface area contributed by atoms with Gasteiger partial charge in [0, 0.05) is 39.5 Å². The Bertz CT molecular complexity index is 845. The number of rotatable bonds is 13. The molecule has 6 atom stereocenters. The monoisotopic (exact) mass is 596 g/mol. The van der Waals surface area contributed by atoms with Crippen LogP contribution in [0, 0.1) is 28.7 Å². The Hall–Kier alpha value is -0.249. The van der Waals surface area contributed by atoms with Gasteiger partial charge in [0.25, 0.3) is 0 Å². The van der Waals surface area contributed by atoms with Crippen molar-refractivity contribution in [3.8, 4) is 11.5 Å². The van der Waals surface area contributed by atoms with E-state index in [1.165, 1.54) is 0 Å². The Kier molecular flexibility index (Phi) is 12.4. The topological polar surface area (TPSA) is 46.2 Å². The predicted molar refractivity (Wildman–Crippen MR) is 172 cm³/mol. The third-order valence-corrected chi connectivity index (χ3v) is 16.2. The highest BCUT2D eigenvalue weighted by molar-refractivity contribution is 6.83. The average molecular weight is 597 g/mol. The Morgan fingerprint density at radius 2 is 1.62 bits per heavy atom. The molecule has 0 aromatic carbocycles. The van der Waals surface area contributed by atoms with E-state index in [4.69, 9.17) is 23.4 Å². The van der Waals surface area contributed by atoms with Gasteiger partial charge < -0.3 is 23.4 Å². The summed E-state index contributed by atoms with van der Waals surface area (Å²) >= 11 is 0. The van der Waals surface area contributed by atoms with Gasteiger partial charge >= 0.3 is 0 Å². The van der Waals surface area contributed by atoms with Crippen molar-refractivity contribution in [1.82, 2.24) is 0 Å². The highest BCUT2D eigenvalue weighted by Gasteiger charge is 2.63. The van der Waals surface area contributed by atoms with Gasteiger partial charge in [-0.15, -0.1) is 18.0 Å². The second-order valence-electron chi connectivity index (χ2n) is 15.6. The van der Waals surface area contributed by atoms with E-state index >= 15 is 0 Å². The molecule has 8 heteroatoms. The molecule has 2 aliphatic carbocycles. The van der Waals surface area contributed by atoms with Crippen molar-refractivity contribution in [3.63, 3.8) is 0 Å². The van der Waals surface area contributed by atoms with Crippen molar-refractivity contribution in [3.05, 3.63) is 12.7 Å². The van der Waals surface area contributed by atoms with Gasteiger partial charge in [-0.1, -0.05) is 66.1 Å². The molecule has 2 fully saturated rings. The molecule has 0 N–H and O–H groups in total. The third kappa shape index (κ3) is 9.37. The molecule has 0 unspecified atom stereocenters. The fraction of sp³-hybridized carbons (Fsp3) is 0.871. The lowest BCUT2D eigenvalue weighted by Gasteiger charge is -2.53. The molecule has 226 valence electrons. The van der Waals surface area contributed by atoms with Crippen LogP contribution in [0.25, 0.3) is 0 Å². The summed E-state index contributed by atoms with van der Waals surface area (Å²) in [4.78, 5) is 0. The summed E-state index contributed by atoms with van der Waals surface area (Å²) in [6.45, 7) is 31.3. The summed E-state index contributed by atoms with van der Waals surface area (Å²) in [5.41, 5.74) is 3.42. The van der Waals surface area contributed by atoms with Crippen LogP contribution in [0.4, 0.5) is 0 Å². The molecule has 39 heavy (non-hydrogen) atoms. The minimum absolute atomic E-state index is 0.0000366. The van der Waals surface area contributed by atoms with Gasteiger partial charge in [0.1, 0.15) is 21.7 Å². The molecule has 0 aliphatic heterocycles. The van der Waals surface area contributed by atoms with Crippen LogP contribution in [0.3, 0.4) is 0 Å². The minimum Gasteiger partial charge on any atom is -0.411 e. The largest absolute Gasteiger partial charge is 0.411 e. The second kappa shape index (κ2) is 13.8. The van der Waals surface area contributed by atoms with Crippen LogP contribution in [-0.2, 0) is 23.4 Å². The van der Waals surface area contributed by atoms with E-state index in [9.17, 15) is 0 Å². The van der Waals surface area contributed by atoms with Crippen LogP contribution in [0.5, 0.6) is 0 Å². The Balaban J connectivity index is 2.52. The molecule has 0 bridgehead atoms. The Labute approximate surface area is 244 Å². The van der Waals surface area contributed by atoms with Crippen molar-refractivity contribution in [2.45, 2.75) is 128 Å². The van der Waals surface area contributed by atoms with E-state index < -0.39 is 24.5 Å². The summed E-state index contributed by atoms with van der Waals surface area (Å²) in [6.07, 6.45) is 5.81. The molecule has 2 aliphatic rings. The van der Waals surface area contributed by atoms with Crippen molar-refractivity contribution in [2.75, 3.05) is 27.3 Å². The van der Waals surface area contributed by atoms with Crippen LogP contribution < -0.4 is 0 Å². The molecule has 0 radical (unpaired) electrons. The van der Waals surface area contributed by atoms with Crippen LogP contribution >= 0.6 is 0 Å². The average Bonchev–Trinajstić information content (AvgIpc) is 3.09. The number of ether oxygens (including phenoxy) is 4. The maximum absolute atomic E-state index is 7.18. The van der Waals surface area contributed by atoms with E-state index in [-0.39, 0.29) is 48.3 Å². The van der Waals surface area contributed by atoms with Crippen molar-refractivity contribution < 1.29 is 23.4 Å². The zero-order chi connectivity index (χ0) is 29.7. The maximum atomic E-state index is 7.18. The first-order valence-corrected chi connectivity index (χ1v) is 25.1. The summed E-state index contributed by atoms with van der Waals surface area (Å²) in [5.74, 6) is 4.20. The summed E-state index contributed by atoms with van der Waals surface area (Å²) in [6, 6.07) is 1.13. The summed E-state index contributed by atoms with van der Waals surface area (Å²) in [7, 11) is -3.07. The third-order valence-electron chi connectivity index (χ3n) is 9.06. The van der Waals surface area contributed by atoms with Crippen molar-refractivity contribution in [1.29, 1.82) is 0 Å². The summed E-state index contributed by atoms with van der Waals surface area (Å²) in [5, 5.41) is 0.116. The van der Waals surface area contributed by atoms with E-state index in [1.807, 2.05) is 0 Å². The first kappa shape index (κ1) is 34.9. The van der Waals surface area contributed by atoms with Crippen molar-refractivity contribution in [2.24, 2.45) is 17.3 Å². The molecule has 0 spiro atoms. The lowest BCUT2D eigenvalue weighted by Crippen LogP contribution is -2.58. The molecule has 5 nitrogen and oxygen atoms in total. The SMILES string of the molecule is C=C[C@H]1[C@H](OCOC)C[C@@H]2CC[C@H](O[Si](C)(C)C(C)(C)C)[C@@H](OCOCC[Si](C)(C)C)[C@@]21CC#C[Si](C)(C)C. The van der Waals surface area contributed by atoms with E-state index in [0.29, 0.717) is 5.92 Å². The standard InChI is InChI=1S/C31H60O5Si3/c1-14-26-28(34-23-32-5)22-25-16-17-27(36-39(12,13)30(2,3)4)29(35-24-33-19-21-38(9,10)11)31(25,26)18-15-20-37(6,7)8/h14,25-29H,1,16-19,21-24H2,2-13H3/t25-,26-,27-,28+,29+,31-/m0/s1.